The molecule has 1 saturated heterocycles. The number of benzene rings is 1. The Hall–Kier alpha value is -2.14. The molecule has 1 aromatic carbocycles. The van der Waals surface area contributed by atoms with E-state index in [-0.39, 0.29) is 5.91 Å². The molecule has 0 unspecified atom stereocenters. The number of nitrogens with zero attached hydrogens (tertiary/aromatic N) is 4. The smallest absolute Gasteiger partial charge is 0.254 e. The summed E-state index contributed by atoms with van der Waals surface area (Å²) in [6, 6.07) is 7.13. The van der Waals surface area contributed by atoms with Crippen LogP contribution in [0.1, 0.15) is 47.2 Å². The maximum atomic E-state index is 12.7. The van der Waals surface area contributed by atoms with Gasteiger partial charge in [-0.1, -0.05) is 31.5 Å². The number of rotatable bonds is 3. The first-order valence-electron chi connectivity index (χ1n) is 9.01. The average Bonchev–Trinajstić information content (AvgIpc) is 2.60. The van der Waals surface area contributed by atoms with Crippen molar-refractivity contribution in [2.45, 2.75) is 33.6 Å². The van der Waals surface area contributed by atoms with E-state index < -0.39 is 0 Å². The second-order valence-electron chi connectivity index (χ2n) is 7.04. The van der Waals surface area contributed by atoms with Gasteiger partial charge in [-0.05, 0) is 38.0 Å². The quantitative estimate of drug-likeness (QED) is 0.821. The third kappa shape index (κ3) is 3.83. The lowest BCUT2D eigenvalue weighted by atomic mass is 10.0. The third-order valence-corrected chi connectivity index (χ3v) is 4.98. The monoisotopic (exact) mass is 372 g/mol. The summed E-state index contributed by atoms with van der Waals surface area (Å²) in [7, 11) is 0. The molecule has 1 aromatic heterocycles. The number of aryl methyl sites for hydroxylation is 2. The molecule has 1 aliphatic heterocycles. The Balaban J connectivity index is 1.76. The molecule has 6 heteroatoms. The fourth-order valence-electron chi connectivity index (χ4n) is 3.55. The van der Waals surface area contributed by atoms with Crippen molar-refractivity contribution in [3.8, 4) is 0 Å². The summed E-state index contributed by atoms with van der Waals surface area (Å²) in [6.45, 7) is 11.2. The number of aromatic nitrogens is 2. The van der Waals surface area contributed by atoms with Crippen molar-refractivity contribution in [2.24, 2.45) is 0 Å². The van der Waals surface area contributed by atoms with Gasteiger partial charge < -0.3 is 9.80 Å². The van der Waals surface area contributed by atoms with Gasteiger partial charge in [-0.25, -0.2) is 9.97 Å². The lowest BCUT2D eigenvalue weighted by Crippen LogP contribution is -2.49. The van der Waals surface area contributed by atoms with E-state index in [2.05, 4.69) is 23.7 Å². The zero-order valence-electron chi connectivity index (χ0n) is 15.8. The van der Waals surface area contributed by atoms with Crippen molar-refractivity contribution in [2.75, 3.05) is 31.1 Å². The highest BCUT2D eigenvalue weighted by molar-refractivity contribution is 6.30. The normalized spacial score (nSPS) is 14.8. The molecule has 5 nitrogen and oxygen atoms in total. The second-order valence-corrected chi connectivity index (χ2v) is 7.47. The minimum atomic E-state index is 0.0336. The number of carbonyl (C=O) groups excluding carboxylic acids is 1. The SMILES string of the molecule is Cc1nc(C)c(C(C)C)c(N2CCN(C(=O)c3cccc(Cl)c3)CC2)n1. The molecule has 1 fully saturated rings. The van der Waals surface area contributed by atoms with Crippen molar-refractivity contribution >= 4 is 23.3 Å². The summed E-state index contributed by atoms with van der Waals surface area (Å²) < 4.78 is 0. The van der Waals surface area contributed by atoms with Crippen LogP contribution < -0.4 is 4.90 Å². The number of carbonyl (C=O) groups is 1. The fraction of sp³-hybridized carbons (Fsp3) is 0.450. The Morgan fingerprint density at radius 3 is 2.42 bits per heavy atom. The highest BCUT2D eigenvalue weighted by Gasteiger charge is 2.26. The Morgan fingerprint density at radius 1 is 1.12 bits per heavy atom. The van der Waals surface area contributed by atoms with E-state index in [1.807, 2.05) is 30.9 Å². The molecular weight excluding hydrogens is 348 g/mol. The highest BCUT2D eigenvalue weighted by atomic mass is 35.5. The first-order chi connectivity index (χ1) is 12.4. The molecule has 0 saturated carbocycles. The van der Waals surface area contributed by atoms with Gasteiger partial charge in [0, 0.05) is 48.0 Å². The van der Waals surface area contributed by atoms with Crippen molar-refractivity contribution < 1.29 is 4.79 Å². The minimum absolute atomic E-state index is 0.0336. The zero-order valence-corrected chi connectivity index (χ0v) is 16.5. The van der Waals surface area contributed by atoms with Crippen LogP contribution in [-0.4, -0.2) is 47.0 Å². The molecular formula is C20H25ClN4O. The molecule has 0 atom stereocenters. The lowest BCUT2D eigenvalue weighted by Gasteiger charge is -2.37. The first-order valence-corrected chi connectivity index (χ1v) is 9.39. The molecule has 2 aromatic rings. The number of anilines is 1. The van der Waals surface area contributed by atoms with E-state index >= 15 is 0 Å². The summed E-state index contributed by atoms with van der Waals surface area (Å²) in [5, 5.41) is 0.586. The maximum Gasteiger partial charge on any atom is 0.254 e. The predicted molar refractivity (Wildman–Crippen MR) is 105 cm³/mol. The molecule has 0 aliphatic carbocycles. The molecule has 3 rings (SSSR count). The van der Waals surface area contributed by atoms with Crippen LogP contribution in [-0.2, 0) is 0 Å². The van der Waals surface area contributed by atoms with E-state index in [1.54, 1.807) is 12.1 Å². The van der Waals surface area contributed by atoms with Gasteiger partial charge in [0.05, 0.1) is 0 Å². The third-order valence-electron chi connectivity index (χ3n) is 4.74. The zero-order chi connectivity index (χ0) is 18.8. The standard InChI is InChI=1S/C20H25ClN4O/c1-13(2)18-14(3)22-15(4)23-19(18)24-8-10-25(11-9-24)20(26)16-6-5-7-17(21)12-16/h5-7,12-13H,8-11H2,1-4H3. The average molecular weight is 373 g/mol. The molecule has 26 heavy (non-hydrogen) atoms. The topological polar surface area (TPSA) is 49.3 Å². The summed E-state index contributed by atoms with van der Waals surface area (Å²) in [4.78, 5) is 26.1. The van der Waals surface area contributed by atoms with Gasteiger partial charge in [-0.2, -0.15) is 0 Å². The molecule has 0 bridgehead atoms. The highest BCUT2D eigenvalue weighted by Crippen LogP contribution is 2.29. The van der Waals surface area contributed by atoms with E-state index in [1.165, 1.54) is 5.56 Å². The number of amides is 1. The first kappa shape index (κ1) is 18.6. The molecule has 2 heterocycles. The van der Waals surface area contributed by atoms with Crippen molar-refractivity contribution in [3.05, 3.63) is 51.9 Å². The number of piperazine rings is 1. The van der Waals surface area contributed by atoms with Gasteiger partial charge in [-0.3, -0.25) is 4.79 Å². The van der Waals surface area contributed by atoms with E-state index in [0.29, 0.717) is 29.6 Å². The van der Waals surface area contributed by atoms with E-state index in [9.17, 15) is 4.79 Å². The lowest BCUT2D eigenvalue weighted by molar-refractivity contribution is 0.0746. The van der Waals surface area contributed by atoms with Crippen LogP contribution in [0.4, 0.5) is 5.82 Å². The second kappa shape index (κ2) is 7.62. The van der Waals surface area contributed by atoms with Gasteiger partial charge in [0.1, 0.15) is 11.6 Å². The van der Waals surface area contributed by atoms with Crippen molar-refractivity contribution in [1.29, 1.82) is 0 Å². The molecule has 1 amide bonds. The van der Waals surface area contributed by atoms with Crippen molar-refractivity contribution in [3.63, 3.8) is 0 Å². The fourth-order valence-corrected chi connectivity index (χ4v) is 3.74. The predicted octanol–water partition coefficient (Wildman–Crippen LogP) is 3.83. The number of hydrogen-bond donors (Lipinski definition) is 0. The summed E-state index contributed by atoms with van der Waals surface area (Å²) >= 11 is 6.01. The molecule has 0 N–H and O–H groups in total. The molecule has 0 radical (unpaired) electrons. The summed E-state index contributed by atoms with van der Waals surface area (Å²) in [5.41, 5.74) is 2.88. The Bertz CT molecular complexity index is 813. The van der Waals surface area contributed by atoms with Gasteiger partial charge >= 0.3 is 0 Å². The van der Waals surface area contributed by atoms with Gasteiger partial charge in [0.15, 0.2) is 0 Å². The Morgan fingerprint density at radius 2 is 1.81 bits per heavy atom. The molecule has 138 valence electrons. The van der Waals surface area contributed by atoms with Crippen LogP contribution in [0.2, 0.25) is 5.02 Å². The van der Waals surface area contributed by atoms with E-state index in [4.69, 9.17) is 16.6 Å². The van der Waals surface area contributed by atoms with Crippen LogP contribution in [0.3, 0.4) is 0 Å². The van der Waals surface area contributed by atoms with Gasteiger partial charge in [0.2, 0.25) is 0 Å². The van der Waals surface area contributed by atoms with Crippen LogP contribution >= 0.6 is 11.6 Å². The van der Waals surface area contributed by atoms with Crippen LogP contribution in [0.15, 0.2) is 24.3 Å². The van der Waals surface area contributed by atoms with Crippen LogP contribution in [0.25, 0.3) is 0 Å². The summed E-state index contributed by atoms with van der Waals surface area (Å²) in [5.74, 6) is 2.20. The molecule has 1 aliphatic rings. The Kier molecular flexibility index (Phi) is 5.47. The number of hydrogen-bond acceptors (Lipinski definition) is 4. The van der Waals surface area contributed by atoms with Crippen LogP contribution in [0.5, 0.6) is 0 Å². The van der Waals surface area contributed by atoms with E-state index in [0.717, 1.165) is 30.4 Å². The van der Waals surface area contributed by atoms with Gasteiger partial charge in [-0.15, -0.1) is 0 Å². The molecule has 0 spiro atoms. The van der Waals surface area contributed by atoms with Crippen molar-refractivity contribution in [1.82, 2.24) is 14.9 Å². The van der Waals surface area contributed by atoms with Gasteiger partial charge in [0.25, 0.3) is 5.91 Å². The minimum Gasteiger partial charge on any atom is -0.353 e. The maximum absolute atomic E-state index is 12.7. The summed E-state index contributed by atoms with van der Waals surface area (Å²) in [6.07, 6.45) is 0. The Labute approximate surface area is 160 Å². The largest absolute Gasteiger partial charge is 0.353 e. The number of halogens is 1. The van der Waals surface area contributed by atoms with Crippen LogP contribution in [0, 0.1) is 13.8 Å².